The Morgan fingerprint density at radius 1 is 1.25 bits per heavy atom. The number of aromatic nitrogens is 3. The monoisotopic (exact) mass is 568 g/mol. The van der Waals surface area contributed by atoms with Crippen molar-refractivity contribution in [1.82, 2.24) is 14.8 Å². The summed E-state index contributed by atoms with van der Waals surface area (Å²) in [6.45, 7) is 3.89. The highest BCUT2D eigenvalue weighted by molar-refractivity contribution is 7.99. The highest BCUT2D eigenvalue weighted by atomic mass is 35.5. The summed E-state index contributed by atoms with van der Waals surface area (Å²) < 4.78 is 13.0. The van der Waals surface area contributed by atoms with E-state index in [4.69, 9.17) is 32.7 Å². The van der Waals surface area contributed by atoms with Crippen LogP contribution in [0.15, 0.2) is 23.4 Å². The van der Waals surface area contributed by atoms with Crippen LogP contribution in [0.4, 0.5) is 5.00 Å². The summed E-state index contributed by atoms with van der Waals surface area (Å²) in [7, 11) is 1.81. The van der Waals surface area contributed by atoms with Crippen molar-refractivity contribution in [2.45, 2.75) is 50.8 Å². The predicted octanol–water partition coefficient (Wildman–Crippen LogP) is 6.11. The van der Waals surface area contributed by atoms with Crippen molar-refractivity contribution in [3.05, 3.63) is 50.1 Å². The quantitative estimate of drug-likeness (QED) is 0.245. The van der Waals surface area contributed by atoms with Gasteiger partial charge in [0, 0.05) is 23.0 Å². The van der Waals surface area contributed by atoms with Gasteiger partial charge in [-0.15, -0.1) is 21.5 Å². The minimum atomic E-state index is -0.453. The maximum atomic E-state index is 12.8. The molecule has 0 saturated carbocycles. The van der Waals surface area contributed by atoms with E-state index >= 15 is 0 Å². The number of carbonyl (C=O) groups excluding carboxylic acids is 2. The molecule has 0 saturated heterocycles. The van der Waals surface area contributed by atoms with Crippen LogP contribution in [-0.2, 0) is 29.4 Å². The molecule has 3 aromatic rings. The Labute approximate surface area is 227 Å². The van der Waals surface area contributed by atoms with E-state index in [2.05, 4.69) is 15.5 Å². The Balaban J connectivity index is 1.41. The molecule has 1 N–H and O–H groups in total. The Morgan fingerprint density at radius 3 is 2.81 bits per heavy atom. The second-order valence-corrected chi connectivity index (χ2v) is 11.1. The zero-order valence-electron chi connectivity index (χ0n) is 20.1. The van der Waals surface area contributed by atoms with Gasteiger partial charge in [0.25, 0.3) is 0 Å². The number of thioether (sulfide) groups is 1. The van der Waals surface area contributed by atoms with Crippen LogP contribution in [0.2, 0.25) is 10.0 Å². The standard InChI is InChI=1S/C24H26Cl2N4O4S2/c1-4-33-23(32)20-15-7-5-6-8-18(15)36-22(20)27-19(31)12-35-24-29-28-21(30(24)3)13(2)34-17-11-14(25)9-10-16(17)26/h9-11,13H,4-8,12H2,1-3H3,(H,27,31). The molecule has 1 amide bonds. The molecule has 12 heteroatoms. The molecular weight excluding hydrogens is 543 g/mol. The van der Waals surface area contributed by atoms with Crippen molar-refractivity contribution < 1.29 is 19.1 Å². The van der Waals surface area contributed by atoms with Crippen LogP contribution in [0, 0.1) is 0 Å². The number of fused-ring (bicyclic) bond motifs is 1. The number of carbonyl (C=O) groups is 2. The number of amides is 1. The number of anilines is 1. The third-order valence-electron chi connectivity index (χ3n) is 5.67. The normalized spacial score (nSPS) is 13.7. The topological polar surface area (TPSA) is 95.3 Å². The van der Waals surface area contributed by atoms with Crippen molar-refractivity contribution in [2.24, 2.45) is 7.05 Å². The van der Waals surface area contributed by atoms with Crippen LogP contribution < -0.4 is 10.1 Å². The minimum absolute atomic E-state index is 0.103. The Kier molecular flexibility index (Phi) is 8.82. The molecule has 0 radical (unpaired) electrons. The summed E-state index contributed by atoms with van der Waals surface area (Å²) in [5, 5.41) is 13.4. The highest BCUT2D eigenvalue weighted by Gasteiger charge is 2.27. The molecule has 0 fully saturated rings. The predicted molar refractivity (Wildman–Crippen MR) is 143 cm³/mol. The van der Waals surface area contributed by atoms with E-state index < -0.39 is 6.10 Å². The minimum Gasteiger partial charge on any atom is -0.481 e. The zero-order chi connectivity index (χ0) is 25.8. The molecule has 36 heavy (non-hydrogen) atoms. The van der Waals surface area contributed by atoms with Gasteiger partial charge in [-0.3, -0.25) is 4.79 Å². The van der Waals surface area contributed by atoms with Gasteiger partial charge >= 0.3 is 5.97 Å². The van der Waals surface area contributed by atoms with Gasteiger partial charge in [0.05, 0.1) is 22.9 Å². The molecule has 2 aromatic heterocycles. The number of rotatable bonds is 9. The molecule has 0 bridgehead atoms. The number of thiophene rings is 1. The van der Waals surface area contributed by atoms with Gasteiger partial charge in [-0.1, -0.05) is 35.0 Å². The second-order valence-electron chi connectivity index (χ2n) is 8.21. The number of ether oxygens (including phenoxy) is 2. The Morgan fingerprint density at radius 2 is 2.03 bits per heavy atom. The first kappa shape index (κ1) is 26.8. The lowest BCUT2D eigenvalue weighted by Gasteiger charge is -2.15. The highest BCUT2D eigenvalue weighted by Crippen LogP contribution is 2.39. The van der Waals surface area contributed by atoms with Gasteiger partial charge < -0.3 is 19.4 Å². The lowest BCUT2D eigenvalue weighted by molar-refractivity contribution is -0.113. The van der Waals surface area contributed by atoms with Crippen molar-refractivity contribution in [3.8, 4) is 5.75 Å². The lowest BCUT2D eigenvalue weighted by atomic mass is 9.95. The number of esters is 1. The molecule has 0 aliphatic heterocycles. The van der Waals surface area contributed by atoms with Gasteiger partial charge in [0.1, 0.15) is 10.8 Å². The van der Waals surface area contributed by atoms with Crippen LogP contribution in [0.25, 0.3) is 0 Å². The molecule has 4 rings (SSSR count). The molecule has 1 atom stereocenters. The van der Waals surface area contributed by atoms with Crippen molar-refractivity contribution in [3.63, 3.8) is 0 Å². The third kappa shape index (κ3) is 5.99. The number of benzene rings is 1. The van der Waals surface area contributed by atoms with E-state index in [1.165, 1.54) is 23.1 Å². The SMILES string of the molecule is CCOC(=O)c1c(NC(=O)CSc2nnc(C(C)Oc3cc(Cl)ccc3Cl)n2C)sc2c1CCCC2. The van der Waals surface area contributed by atoms with E-state index in [9.17, 15) is 9.59 Å². The average molecular weight is 570 g/mol. The summed E-state index contributed by atoms with van der Waals surface area (Å²) >= 11 is 15.0. The van der Waals surface area contributed by atoms with E-state index in [0.29, 0.717) is 37.3 Å². The molecule has 1 aromatic carbocycles. The van der Waals surface area contributed by atoms with Gasteiger partial charge in [-0.05, 0) is 57.2 Å². The molecule has 0 spiro atoms. The molecule has 192 valence electrons. The first-order chi connectivity index (χ1) is 17.3. The van der Waals surface area contributed by atoms with E-state index in [0.717, 1.165) is 36.1 Å². The summed E-state index contributed by atoms with van der Waals surface area (Å²) in [6.07, 6.45) is 3.40. The molecule has 1 aliphatic carbocycles. The summed E-state index contributed by atoms with van der Waals surface area (Å²) in [4.78, 5) is 26.6. The van der Waals surface area contributed by atoms with E-state index in [1.807, 2.05) is 6.92 Å². The number of nitrogens with zero attached hydrogens (tertiary/aromatic N) is 3. The largest absolute Gasteiger partial charge is 0.481 e. The fourth-order valence-corrected chi connectivity index (χ4v) is 6.32. The Hall–Kier alpha value is -2.27. The summed E-state index contributed by atoms with van der Waals surface area (Å²) in [6, 6.07) is 4.99. The van der Waals surface area contributed by atoms with Gasteiger partial charge in [-0.25, -0.2) is 4.79 Å². The van der Waals surface area contributed by atoms with Crippen LogP contribution >= 0.6 is 46.3 Å². The summed E-state index contributed by atoms with van der Waals surface area (Å²) in [5.41, 5.74) is 1.51. The smallest absolute Gasteiger partial charge is 0.341 e. The van der Waals surface area contributed by atoms with E-state index in [1.54, 1.807) is 36.7 Å². The Bertz CT molecular complexity index is 1280. The molecule has 8 nitrogen and oxygen atoms in total. The number of hydrogen-bond donors (Lipinski definition) is 1. The average Bonchev–Trinajstić information content (AvgIpc) is 3.39. The van der Waals surface area contributed by atoms with Crippen molar-refractivity contribution in [2.75, 3.05) is 17.7 Å². The molecule has 2 heterocycles. The maximum Gasteiger partial charge on any atom is 0.341 e. The van der Waals surface area contributed by atoms with Crippen LogP contribution in [0.5, 0.6) is 5.75 Å². The zero-order valence-corrected chi connectivity index (χ0v) is 23.2. The number of halogens is 2. The van der Waals surface area contributed by atoms with Crippen LogP contribution in [-0.4, -0.2) is 39.0 Å². The van der Waals surface area contributed by atoms with Gasteiger partial charge in [0.2, 0.25) is 5.91 Å². The molecular formula is C24H26Cl2N4O4S2. The number of hydrogen-bond acceptors (Lipinski definition) is 8. The number of aryl methyl sites for hydroxylation is 1. The van der Waals surface area contributed by atoms with Crippen molar-refractivity contribution >= 4 is 63.2 Å². The maximum absolute atomic E-state index is 12.8. The van der Waals surface area contributed by atoms with Crippen LogP contribution in [0.3, 0.4) is 0 Å². The van der Waals surface area contributed by atoms with E-state index in [-0.39, 0.29) is 24.2 Å². The second kappa shape index (κ2) is 11.9. The lowest BCUT2D eigenvalue weighted by Crippen LogP contribution is -2.17. The fourth-order valence-electron chi connectivity index (χ4n) is 3.98. The van der Waals surface area contributed by atoms with Crippen LogP contribution in [0.1, 0.15) is 59.4 Å². The third-order valence-corrected chi connectivity index (χ3v) is 8.44. The van der Waals surface area contributed by atoms with Gasteiger partial charge in [0.15, 0.2) is 17.1 Å². The summed E-state index contributed by atoms with van der Waals surface area (Å²) in [5.74, 6) is 0.510. The molecule has 1 unspecified atom stereocenters. The fraction of sp³-hybridized carbons (Fsp3) is 0.417. The van der Waals surface area contributed by atoms with Gasteiger partial charge in [-0.2, -0.15) is 0 Å². The first-order valence-corrected chi connectivity index (χ1v) is 14.1. The van der Waals surface area contributed by atoms with Crippen molar-refractivity contribution in [1.29, 1.82) is 0 Å². The molecule has 1 aliphatic rings. The number of nitrogens with one attached hydrogen (secondary N) is 1. The first-order valence-electron chi connectivity index (χ1n) is 11.5.